The molecule has 2 atom stereocenters. The van der Waals surface area contributed by atoms with Crippen molar-refractivity contribution in [1.82, 2.24) is 9.55 Å². The molecule has 0 saturated heterocycles. The summed E-state index contributed by atoms with van der Waals surface area (Å²) < 4.78 is 2.05. The first kappa shape index (κ1) is 13.6. The molecule has 0 bridgehead atoms. The van der Waals surface area contributed by atoms with E-state index in [2.05, 4.69) is 15.6 Å². The smallest absolute Gasteiger partial charge is 0.106 e. The van der Waals surface area contributed by atoms with Crippen molar-refractivity contribution in [2.45, 2.75) is 26.8 Å². The molecular formula is C15H20N4. The van der Waals surface area contributed by atoms with Gasteiger partial charge in [-0.15, -0.1) is 0 Å². The minimum absolute atomic E-state index is 0.178. The van der Waals surface area contributed by atoms with Crippen LogP contribution in [0.3, 0.4) is 0 Å². The third-order valence-corrected chi connectivity index (χ3v) is 3.77. The second kappa shape index (κ2) is 5.02. The highest BCUT2D eigenvalue weighted by Gasteiger charge is 2.23. The van der Waals surface area contributed by atoms with E-state index in [9.17, 15) is 5.26 Å². The van der Waals surface area contributed by atoms with Gasteiger partial charge in [-0.3, -0.25) is 0 Å². The van der Waals surface area contributed by atoms with Crippen molar-refractivity contribution in [1.29, 1.82) is 5.26 Å². The number of hydrogen-bond donors (Lipinski definition) is 1. The quantitative estimate of drug-likeness (QED) is 0.918. The Morgan fingerprint density at radius 3 is 2.63 bits per heavy atom. The fraction of sp³-hybridized carbons (Fsp3) is 0.467. The molecule has 0 aliphatic rings. The number of aromatic nitrogens is 2. The third kappa shape index (κ3) is 2.34. The van der Waals surface area contributed by atoms with Crippen molar-refractivity contribution in [3.05, 3.63) is 29.6 Å². The summed E-state index contributed by atoms with van der Waals surface area (Å²) in [4.78, 5) is 4.51. The molecule has 0 radical (unpaired) electrons. The molecule has 0 aliphatic heterocycles. The zero-order valence-corrected chi connectivity index (χ0v) is 11.9. The first-order chi connectivity index (χ1) is 8.95. The van der Waals surface area contributed by atoms with E-state index < -0.39 is 0 Å². The summed E-state index contributed by atoms with van der Waals surface area (Å²) >= 11 is 0. The number of hydrogen-bond acceptors (Lipinski definition) is 3. The van der Waals surface area contributed by atoms with Crippen molar-refractivity contribution in [2.75, 3.05) is 0 Å². The van der Waals surface area contributed by atoms with E-state index in [0.29, 0.717) is 0 Å². The van der Waals surface area contributed by atoms with Crippen LogP contribution in [0.15, 0.2) is 18.2 Å². The van der Waals surface area contributed by atoms with Crippen molar-refractivity contribution in [2.24, 2.45) is 24.6 Å². The Bertz CT molecular complexity index is 633. The number of nitriles is 1. The molecule has 2 N–H and O–H groups in total. The Kier molecular flexibility index (Phi) is 3.59. The van der Waals surface area contributed by atoms with Crippen LogP contribution in [0.2, 0.25) is 0 Å². The summed E-state index contributed by atoms with van der Waals surface area (Å²) in [6.45, 7) is 6.03. The molecule has 0 spiro atoms. The number of rotatable bonds is 3. The normalized spacial score (nSPS) is 14.6. The number of fused-ring (bicyclic) bond motifs is 1. The van der Waals surface area contributed by atoms with Crippen LogP contribution < -0.4 is 5.73 Å². The molecule has 1 heterocycles. The van der Waals surface area contributed by atoms with Crippen LogP contribution in [0.1, 0.15) is 31.3 Å². The SMILES string of the molecule is Cc1nc2cc(C(N)C(C#N)C(C)C)ccc2n1C. The van der Waals surface area contributed by atoms with E-state index in [4.69, 9.17) is 5.73 Å². The summed E-state index contributed by atoms with van der Waals surface area (Å²) in [5.41, 5.74) is 9.23. The average Bonchev–Trinajstić information content (AvgIpc) is 2.65. The molecule has 0 amide bonds. The molecule has 0 aliphatic carbocycles. The zero-order valence-electron chi connectivity index (χ0n) is 11.9. The first-order valence-corrected chi connectivity index (χ1v) is 6.54. The molecule has 2 aromatic rings. The molecule has 1 aromatic carbocycles. The van der Waals surface area contributed by atoms with Gasteiger partial charge in [-0.2, -0.15) is 5.26 Å². The highest BCUT2D eigenvalue weighted by atomic mass is 15.0. The lowest BCUT2D eigenvalue weighted by Crippen LogP contribution is -2.24. The van der Waals surface area contributed by atoms with E-state index in [1.807, 2.05) is 46.0 Å². The summed E-state index contributed by atoms with van der Waals surface area (Å²) in [7, 11) is 2.00. The largest absolute Gasteiger partial charge is 0.331 e. The van der Waals surface area contributed by atoms with Crippen molar-refractivity contribution >= 4 is 11.0 Å². The fourth-order valence-electron chi connectivity index (χ4n) is 2.40. The van der Waals surface area contributed by atoms with Crippen LogP contribution in [-0.4, -0.2) is 9.55 Å². The molecule has 100 valence electrons. The lowest BCUT2D eigenvalue weighted by atomic mass is 9.86. The van der Waals surface area contributed by atoms with E-state index in [1.165, 1.54) is 0 Å². The Morgan fingerprint density at radius 2 is 2.05 bits per heavy atom. The first-order valence-electron chi connectivity index (χ1n) is 6.54. The Hall–Kier alpha value is -1.86. The highest BCUT2D eigenvalue weighted by molar-refractivity contribution is 5.77. The Morgan fingerprint density at radius 1 is 1.37 bits per heavy atom. The molecular weight excluding hydrogens is 236 g/mol. The van der Waals surface area contributed by atoms with Crippen LogP contribution in [0, 0.1) is 30.1 Å². The Balaban J connectivity index is 2.44. The number of nitrogens with two attached hydrogens (primary N) is 1. The van der Waals surface area contributed by atoms with Gasteiger partial charge in [-0.1, -0.05) is 19.9 Å². The number of imidazole rings is 1. The van der Waals surface area contributed by atoms with E-state index >= 15 is 0 Å². The van der Waals surface area contributed by atoms with Crippen molar-refractivity contribution < 1.29 is 0 Å². The van der Waals surface area contributed by atoms with Crippen LogP contribution in [0.4, 0.5) is 0 Å². The lowest BCUT2D eigenvalue weighted by Gasteiger charge is -2.21. The molecule has 4 nitrogen and oxygen atoms in total. The van der Waals surface area contributed by atoms with E-state index in [1.54, 1.807) is 0 Å². The van der Waals surface area contributed by atoms with Gasteiger partial charge in [-0.25, -0.2) is 4.98 Å². The van der Waals surface area contributed by atoms with Gasteiger partial charge in [-0.05, 0) is 30.5 Å². The predicted octanol–water partition coefficient (Wildman–Crippen LogP) is 2.68. The van der Waals surface area contributed by atoms with Crippen molar-refractivity contribution in [3.8, 4) is 6.07 Å². The Labute approximate surface area is 113 Å². The van der Waals surface area contributed by atoms with Gasteiger partial charge in [0.25, 0.3) is 0 Å². The molecule has 19 heavy (non-hydrogen) atoms. The fourth-order valence-corrected chi connectivity index (χ4v) is 2.40. The monoisotopic (exact) mass is 256 g/mol. The summed E-state index contributed by atoms with van der Waals surface area (Å²) in [5.74, 6) is 1.03. The number of nitrogens with zero attached hydrogens (tertiary/aromatic N) is 3. The van der Waals surface area contributed by atoms with Crippen LogP contribution >= 0.6 is 0 Å². The van der Waals surface area contributed by atoms with Gasteiger partial charge in [0.2, 0.25) is 0 Å². The van der Waals surface area contributed by atoms with E-state index in [-0.39, 0.29) is 17.9 Å². The van der Waals surface area contributed by atoms with Gasteiger partial charge < -0.3 is 10.3 Å². The van der Waals surface area contributed by atoms with Crippen LogP contribution in [0.5, 0.6) is 0 Å². The minimum Gasteiger partial charge on any atom is -0.331 e. The predicted molar refractivity (Wildman–Crippen MR) is 76.3 cm³/mol. The van der Waals surface area contributed by atoms with Crippen LogP contribution in [0.25, 0.3) is 11.0 Å². The van der Waals surface area contributed by atoms with Gasteiger partial charge in [0, 0.05) is 13.1 Å². The van der Waals surface area contributed by atoms with Crippen LogP contribution in [-0.2, 0) is 7.05 Å². The maximum absolute atomic E-state index is 9.24. The van der Waals surface area contributed by atoms with E-state index in [0.717, 1.165) is 22.4 Å². The summed E-state index contributed by atoms with van der Waals surface area (Å²) in [5, 5.41) is 9.24. The number of benzene rings is 1. The molecule has 4 heteroatoms. The summed E-state index contributed by atoms with van der Waals surface area (Å²) in [6, 6.07) is 8.07. The second-order valence-electron chi connectivity index (χ2n) is 5.39. The zero-order chi connectivity index (χ0) is 14.2. The topological polar surface area (TPSA) is 67.6 Å². The molecule has 1 aromatic heterocycles. The molecule has 2 unspecified atom stereocenters. The second-order valence-corrected chi connectivity index (χ2v) is 5.39. The lowest BCUT2D eigenvalue weighted by molar-refractivity contribution is 0.404. The standard InChI is InChI=1S/C15H20N4/c1-9(2)12(8-16)15(17)11-5-6-14-13(7-11)18-10(3)19(14)4/h5-7,9,12,15H,17H2,1-4H3. The van der Waals surface area contributed by atoms with Gasteiger partial charge >= 0.3 is 0 Å². The highest BCUT2D eigenvalue weighted by Crippen LogP contribution is 2.27. The van der Waals surface area contributed by atoms with Crippen molar-refractivity contribution in [3.63, 3.8) is 0 Å². The maximum atomic E-state index is 9.24. The molecule has 0 saturated carbocycles. The van der Waals surface area contributed by atoms with Gasteiger partial charge in [0.05, 0.1) is 23.0 Å². The maximum Gasteiger partial charge on any atom is 0.106 e. The molecule has 2 rings (SSSR count). The summed E-state index contributed by atoms with van der Waals surface area (Å²) in [6.07, 6.45) is 0. The third-order valence-electron chi connectivity index (χ3n) is 3.77. The minimum atomic E-state index is -0.267. The van der Waals surface area contributed by atoms with Gasteiger partial charge in [0.15, 0.2) is 0 Å². The van der Waals surface area contributed by atoms with Gasteiger partial charge in [0.1, 0.15) is 5.82 Å². The average molecular weight is 256 g/mol. The number of aryl methyl sites for hydroxylation is 2. The molecule has 0 fully saturated rings.